The summed E-state index contributed by atoms with van der Waals surface area (Å²) in [4.78, 5) is 12.3. The van der Waals surface area contributed by atoms with Gasteiger partial charge >= 0.3 is 5.97 Å². The lowest BCUT2D eigenvalue weighted by molar-refractivity contribution is -0.154. The van der Waals surface area contributed by atoms with Crippen LogP contribution in [0.25, 0.3) is 0 Å². The molecule has 0 heterocycles. The van der Waals surface area contributed by atoms with Gasteiger partial charge in [0.2, 0.25) is 0 Å². The van der Waals surface area contributed by atoms with Crippen LogP contribution < -0.4 is 0 Å². The molecule has 370 valence electrons. The molecule has 0 radical (unpaired) electrons. The van der Waals surface area contributed by atoms with Crippen LogP contribution in [0.3, 0.4) is 0 Å². The highest BCUT2D eigenvalue weighted by Gasteiger charge is 2.13. The molecule has 1 atom stereocenters. The Morgan fingerprint density at radius 1 is 0.381 bits per heavy atom. The van der Waals surface area contributed by atoms with E-state index in [-0.39, 0.29) is 12.6 Å². The minimum Gasteiger partial charge on any atom is -0.457 e. The number of unbranched alkanes of at least 4 members (excludes halogenated alkanes) is 37. The summed E-state index contributed by atoms with van der Waals surface area (Å²) >= 11 is 0. The first kappa shape index (κ1) is 61.4. The van der Waals surface area contributed by atoms with E-state index in [1.54, 1.807) is 0 Å². The fraction of sp³-hybridized carbons (Fsp3) is 0.847. The molecule has 0 saturated carbocycles. The highest BCUT2D eigenvalue weighted by Crippen LogP contribution is 2.16. The highest BCUT2D eigenvalue weighted by atomic mass is 16.6. The van der Waals surface area contributed by atoms with Gasteiger partial charge in [0.1, 0.15) is 6.10 Å². The normalized spacial score (nSPS) is 12.6. The Bertz CT molecular complexity index is 982. The van der Waals surface area contributed by atoms with Gasteiger partial charge in [-0.25, -0.2) is 0 Å². The molecule has 0 aliphatic carbocycles. The Balaban J connectivity index is 3.39. The fourth-order valence-electron chi connectivity index (χ4n) is 8.39. The van der Waals surface area contributed by atoms with Gasteiger partial charge in [0.05, 0.1) is 13.2 Å². The van der Waals surface area contributed by atoms with Crippen LogP contribution in [0.4, 0.5) is 0 Å². The van der Waals surface area contributed by atoms with Crippen LogP contribution in [0, 0.1) is 0 Å². The van der Waals surface area contributed by atoms with Crippen LogP contribution in [-0.4, -0.2) is 37.0 Å². The number of rotatable bonds is 53. The van der Waals surface area contributed by atoms with E-state index in [2.05, 4.69) is 62.5 Å². The molecule has 0 aromatic carbocycles. The Morgan fingerprint density at radius 3 is 1.02 bits per heavy atom. The van der Waals surface area contributed by atoms with Gasteiger partial charge in [-0.15, -0.1) is 0 Å². The predicted octanol–water partition coefficient (Wildman–Crippen LogP) is 19.3. The number of allylic oxidation sites excluding steroid dienone is 8. The Hall–Kier alpha value is -1.65. The third kappa shape index (κ3) is 54.6. The van der Waals surface area contributed by atoms with Crippen LogP contribution in [-0.2, 0) is 14.3 Å². The number of carbonyl (C=O) groups excluding carboxylic acids is 1. The van der Waals surface area contributed by atoms with E-state index in [9.17, 15) is 9.90 Å². The maximum Gasteiger partial charge on any atom is 0.306 e. The van der Waals surface area contributed by atoms with Crippen molar-refractivity contribution in [3.63, 3.8) is 0 Å². The second-order valence-corrected chi connectivity index (χ2v) is 19.0. The first-order valence-electron chi connectivity index (χ1n) is 28.2. The molecular weight excluding hydrogens is 773 g/mol. The quantitative estimate of drug-likeness (QED) is 0.0376. The molecule has 0 fully saturated rings. The number of hydrogen-bond acceptors (Lipinski definition) is 4. The van der Waals surface area contributed by atoms with E-state index in [0.29, 0.717) is 19.6 Å². The molecule has 0 rings (SSSR count). The van der Waals surface area contributed by atoms with E-state index >= 15 is 0 Å². The van der Waals surface area contributed by atoms with E-state index < -0.39 is 6.10 Å². The maximum absolute atomic E-state index is 12.3. The third-order valence-corrected chi connectivity index (χ3v) is 12.6. The molecule has 63 heavy (non-hydrogen) atoms. The summed E-state index contributed by atoms with van der Waals surface area (Å²) in [6.45, 7) is 5.37. The maximum atomic E-state index is 12.3. The summed E-state index contributed by atoms with van der Waals surface area (Å²) in [7, 11) is 0. The molecule has 0 aliphatic heterocycles. The zero-order valence-corrected chi connectivity index (χ0v) is 42.6. The zero-order chi connectivity index (χ0) is 45.5. The smallest absolute Gasteiger partial charge is 0.306 e. The van der Waals surface area contributed by atoms with E-state index in [1.807, 2.05) is 0 Å². The Labute approximate surface area is 394 Å². The van der Waals surface area contributed by atoms with Crippen molar-refractivity contribution in [1.29, 1.82) is 0 Å². The molecule has 0 aliphatic rings. The molecule has 1 N–H and O–H groups in total. The minimum atomic E-state index is -0.538. The second kappa shape index (κ2) is 56.5. The van der Waals surface area contributed by atoms with Crippen molar-refractivity contribution in [3.8, 4) is 0 Å². The van der Waals surface area contributed by atoms with Crippen LogP contribution in [0.15, 0.2) is 48.6 Å². The number of hydrogen-bond donors (Lipinski definition) is 1. The molecular formula is C59H110O4. The first-order valence-corrected chi connectivity index (χ1v) is 28.2. The molecule has 0 amide bonds. The lowest BCUT2D eigenvalue weighted by atomic mass is 10.0. The zero-order valence-electron chi connectivity index (χ0n) is 42.6. The standard InChI is InChI=1S/C59H110O4/c1-3-5-7-9-11-13-15-17-19-21-23-25-27-29-31-33-35-37-39-41-43-45-47-49-51-53-55-62-57-58(56-60)63-59(61)54-52-50-48-46-44-42-40-38-36-34-32-30-28-26-24-22-20-18-16-14-12-10-8-6-4-2/h16,18,21-24,28,30,58,60H,3-15,17,19-20,25-27,29,31-57H2,1-2H3/b18-16-,23-21-,24-22-,30-28-. The van der Waals surface area contributed by atoms with Crippen LogP contribution in [0.5, 0.6) is 0 Å². The number of aliphatic hydroxyl groups is 1. The highest BCUT2D eigenvalue weighted by molar-refractivity contribution is 5.69. The topological polar surface area (TPSA) is 55.8 Å². The summed E-state index contributed by atoms with van der Waals surface area (Å²) in [5.41, 5.74) is 0. The van der Waals surface area contributed by atoms with Crippen molar-refractivity contribution in [2.45, 2.75) is 302 Å². The Morgan fingerprint density at radius 2 is 0.667 bits per heavy atom. The van der Waals surface area contributed by atoms with Crippen molar-refractivity contribution in [1.82, 2.24) is 0 Å². The van der Waals surface area contributed by atoms with Gasteiger partial charge in [0.25, 0.3) is 0 Å². The summed E-state index contributed by atoms with van der Waals surface area (Å²) in [5.74, 6) is -0.200. The first-order chi connectivity index (χ1) is 31.2. The van der Waals surface area contributed by atoms with E-state index in [0.717, 1.165) is 32.1 Å². The Kier molecular flexibility index (Phi) is 55.0. The minimum absolute atomic E-state index is 0.172. The predicted molar refractivity (Wildman–Crippen MR) is 279 cm³/mol. The second-order valence-electron chi connectivity index (χ2n) is 19.0. The van der Waals surface area contributed by atoms with Crippen LogP contribution in [0.1, 0.15) is 296 Å². The number of esters is 1. The fourth-order valence-corrected chi connectivity index (χ4v) is 8.39. The number of carbonyl (C=O) groups is 1. The average molecular weight is 884 g/mol. The molecule has 0 bridgehead atoms. The lowest BCUT2D eigenvalue weighted by Crippen LogP contribution is -2.27. The van der Waals surface area contributed by atoms with E-state index in [4.69, 9.17) is 9.47 Å². The molecule has 0 spiro atoms. The average Bonchev–Trinajstić information content (AvgIpc) is 3.29. The summed E-state index contributed by atoms with van der Waals surface area (Å²) in [6.07, 6.45) is 75.1. The number of ether oxygens (including phenoxy) is 2. The molecule has 0 aromatic rings. The van der Waals surface area contributed by atoms with Crippen molar-refractivity contribution in [3.05, 3.63) is 48.6 Å². The van der Waals surface area contributed by atoms with Gasteiger partial charge in [0, 0.05) is 13.0 Å². The van der Waals surface area contributed by atoms with Crippen molar-refractivity contribution in [2.24, 2.45) is 0 Å². The van der Waals surface area contributed by atoms with Crippen molar-refractivity contribution >= 4 is 5.97 Å². The van der Waals surface area contributed by atoms with Crippen LogP contribution in [0.2, 0.25) is 0 Å². The van der Waals surface area contributed by atoms with Gasteiger partial charge in [-0.3, -0.25) is 4.79 Å². The third-order valence-electron chi connectivity index (χ3n) is 12.6. The van der Waals surface area contributed by atoms with Gasteiger partial charge < -0.3 is 14.6 Å². The van der Waals surface area contributed by atoms with Crippen molar-refractivity contribution < 1.29 is 19.4 Å². The van der Waals surface area contributed by atoms with Gasteiger partial charge in [-0.1, -0.05) is 262 Å². The lowest BCUT2D eigenvalue weighted by Gasteiger charge is -2.16. The van der Waals surface area contributed by atoms with Crippen LogP contribution >= 0.6 is 0 Å². The van der Waals surface area contributed by atoms with Crippen molar-refractivity contribution in [2.75, 3.05) is 19.8 Å². The van der Waals surface area contributed by atoms with Gasteiger partial charge in [-0.05, 0) is 77.0 Å². The monoisotopic (exact) mass is 883 g/mol. The SMILES string of the molecule is CCCCCCC/C=C\C/C=C\C/C=C\CCCCCCCCCCCCC(=O)OC(CO)COCCCCCCCCCCCCCCCC/C=C\CCCCCCCCCC. The molecule has 0 aromatic heterocycles. The van der Waals surface area contributed by atoms with Gasteiger partial charge in [0.15, 0.2) is 0 Å². The number of aliphatic hydroxyl groups excluding tert-OH is 1. The summed E-state index contributed by atoms with van der Waals surface area (Å²) < 4.78 is 11.2. The van der Waals surface area contributed by atoms with E-state index in [1.165, 1.54) is 244 Å². The van der Waals surface area contributed by atoms with Gasteiger partial charge in [-0.2, -0.15) is 0 Å². The summed E-state index contributed by atoms with van der Waals surface area (Å²) in [6, 6.07) is 0. The largest absolute Gasteiger partial charge is 0.457 e. The molecule has 4 nitrogen and oxygen atoms in total. The molecule has 4 heteroatoms. The molecule has 1 unspecified atom stereocenters. The summed E-state index contributed by atoms with van der Waals surface area (Å²) in [5, 5.41) is 9.68. The molecule has 0 saturated heterocycles.